The van der Waals surface area contributed by atoms with Crippen LogP contribution in [0.2, 0.25) is 0 Å². The van der Waals surface area contributed by atoms with Crippen molar-refractivity contribution >= 4 is 0 Å². The fraction of sp³-hybridized carbons (Fsp3) is 0.786. The average Bonchev–Trinajstić information content (AvgIpc) is 2.88. The molecule has 4 heteroatoms. The van der Waals surface area contributed by atoms with E-state index >= 15 is 0 Å². The Balaban J connectivity index is 1.61. The van der Waals surface area contributed by atoms with E-state index in [0.29, 0.717) is 6.04 Å². The van der Waals surface area contributed by atoms with Gasteiger partial charge in [0, 0.05) is 31.5 Å². The van der Waals surface area contributed by atoms with E-state index in [4.69, 9.17) is 0 Å². The number of hydrogen-bond acceptors (Lipinski definition) is 3. The second kappa shape index (κ2) is 6.90. The number of likely N-dealkylation sites (tertiary alicyclic amines) is 1. The summed E-state index contributed by atoms with van der Waals surface area (Å²) in [7, 11) is 0. The molecule has 0 saturated carbocycles. The molecule has 0 aliphatic carbocycles. The van der Waals surface area contributed by atoms with Crippen LogP contribution in [0, 0.1) is 5.92 Å². The summed E-state index contributed by atoms with van der Waals surface area (Å²) in [6.45, 7) is 10.3. The first kappa shape index (κ1) is 13.6. The standard InChI is InChI=1S/C14H26N4/c1-13(2)16-11-14-3-6-17(7-4-14)9-10-18-8-5-15-12-18/h5,8,12-14,16H,3-4,6-7,9-11H2,1-2H3. The molecule has 0 amide bonds. The zero-order valence-corrected chi connectivity index (χ0v) is 11.7. The first-order chi connectivity index (χ1) is 8.74. The lowest BCUT2D eigenvalue weighted by Gasteiger charge is -2.32. The summed E-state index contributed by atoms with van der Waals surface area (Å²) in [5.41, 5.74) is 0. The second-order valence-corrected chi connectivity index (χ2v) is 5.65. The van der Waals surface area contributed by atoms with Crippen molar-refractivity contribution in [3.8, 4) is 0 Å². The molecule has 1 N–H and O–H groups in total. The number of imidazole rings is 1. The van der Waals surface area contributed by atoms with E-state index in [9.17, 15) is 0 Å². The van der Waals surface area contributed by atoms with Gasteiger partial charge in [0.1, 0.15) is 0 Å². The van der Waals surface area contributed by atoms with Gasteiger partial charge in [-0.25, -0.2) is 4.98 Å². The van der Waals surface area contributed by atoms with Crippen LogP contribution < -0.4 is 5.32 Å². The molecule has 1 aromatic rings. The van der Waals surface area contributed by atoms with Gasteiger partial charge < -0.3 is 14.8 Å². The van der Waals surface area contributed by atoms with Crippen molar-refractivity contribution in [2.45, 2.75) is 39.3 Å². The van der Waals surface area contributed by atoms with Crippen molar-refractivity contribution in [3.63, 3.8) is 0 Å². The van der Waals surface area contributed by atoms with E-state index < -0.39 is 0 Å². The second-order valence-electron chi connectivity index (χ2n) is 5.65. The van der Waals surface area contributed by atoms with Gasteiger partial charge >= 0.3 is 0 Å². The summed E-state index contributed by atoms with van der Waals surface area (Å²) < 4.78 is 2.16. The lowest BCUT2D eigenvalue weighted by molar-refractivity contribution is 0.175. The Bertz CT molecular complexity index is 313. The molecule has 0 radical (unpaired) electrons. The molecule has 0 bridgehead atoms. The highest BCUT2D eigenvalue weighted by atomic mass is 15.2. The summed E-state index contributed by atoms with van der Waals surface area (Å²) in [6, 6.07) is 0.615. The van der Waals surface area contributed by atoms with Crippen LogP contribution in [0.25, 0.3) is 0 Å². The third-order valence-electron chi connectivity index (χ3n) is 3.76. The predicted molar refractivity (Wildman–Crippen MR) is 74.5 cm³/mol. The van der Waals surface area contributed by atoms with Crippen molar-refractivity contribution in [3.05, 3.63) is 18.7 Å². The molecule has 1 saturated heterocycles. The van der Waals surface area contributed by atoms with E-state index in [2.05, 4.69) is 33.6 Å². The van der Waals surface area contributed by atoms with Gasteiger partial charge in [-0.15, -0.1) is 0 Å². The molecular weight excluding hydrogens is 224 g/mol. The Morgan fingerprint density at radius 1 is 1.28 bits per heavy atom. The first-order valence-corrected chi connectivity index (χ1v) is 7.15. The Kier molecular flexibility index (Phi) is 5.20. The topological polar surface area (TPSA) is 33.1 Å². The fourth-order valence-electron chi connectivity index (χ4n) is 2.49. The van der Waals surface area contributed by atoms with Gasteiger partial charge in [-0.2, -0.15) is 0 Å². The van der Waals surface area contributed by atoms with Crippen molar-refractivity contribution in [1.29, 1.82) is 0 Å². The highest BCUT2D eigenvalue weighted by molar-refractivity contribution is 4.77. The molecule has 0 unspecified atom stereocenters. The predicted octanol–water partition coefficient (Wildman–Crippen LogP) is 1.59. The molecule has 18 heavy (non-hydrogen) atoms. The van der Waals surface area contributed by atoms with Gasteiger partial charge in [0.05, 0.1) is 6.33 Å². The van der Waals surface area contributed by atoms with E-state index in [0.717, 1.165) is 19.0 Å². The molecule has 1 fully saturated rings. The lowest BCUT2D eigenvalue weighted by atomic mass is 9.96. The Hall–Kier alpha value is -0.870. The number of nitrogens with one attached hydrogen (secondary N) is 1. The lowest BCUT2D eigenvalue weighted by Crippen LogP contribution is -2.39. The van der Waals surface area contributed by atoms with Crippen LogP contribution in [-0.2, 0) is 6.54 Å². The van der Waals surface area contributed by atoms with Gasteiger partial charge in [0.25, 0.3) is 0 Å². The average molecular weight is 250 g/mol. The van der Waals surface area contributed by atoms with Crippen LogP contribution in [0.15, 0.2) is 18.7 Å². The van der Waals surface area contributed by atoms with E-state index in [1.165, 1.54) is 32.5 Å². The molecular formula is C14H26N4. The van der Waals surface area contributed by atoms with E-state index in [-0.39, 0.29) is 0 Å². The number of aromatic nitrogens is 2. The quantitative estimate of drug-likeness (QED) is 0.832. The maximum Gasteiger partial charge on any atom is 0.0946 e. The van der Waals surface area contributed by atoms with Crippen LogP contribution >= 0.6 is 0 Å². The van der Waals surface area contributed by atoms with Crippen LogP contribution in [0.4, 0.5) is 0 Å². The van der Waals surface area contributed by atoms with E-state index in [1.807, 2.05) is 18.7 Å². The molecule has 1 aromatic heterocycles. The third kappa shape index (κ3) is 4.42. The van der Waals surface area contributed by atoms with Crippen molar-refractivity contribution in [1.82, 2.24) is 19.8 Å². The molecule has 1 aliphatic heterocycles. The normalized spacial score (nSPS) is 18.6. The minimum atomic E-state index is 0.615. The molecule has 0 spiro atoms. The molecule has 102 valence electrons. The molecule has 1 aliphatic rings. The molecule has 0 aromatic carbocycles. The van der Waals surface area contributed by atoms with Crippen LogP contribution in [-0.4, -0.2) is 46.7 Å². The number of hydrogen-bond donors (Lipinski definition) is 1. The SMILES string of the molecule is CC(C)NCC1CCN(CCn2ccnc2)CC1. The smallest absolute Gasteiger partial charge is 0.0946 e. The van der Waals surface area contributed by atoms with Gasteiger partial charge in [-0.05, 0) is 38.4 Å². The Morgan fingerprint density at radius 3 is 2.67 bits per heavy atom. The maximum atomic E-state index is 4.07. The zero-order chi connectivity index (χ0) is 12.8. The van der Waals surface area contributed by atoms with Crippen molar-refractivity contribution in [2.24, 2.45) is 5.92 Å². The number of rotatable bonds is 6. The minimum absolute atomic E-state index is 0.615. The summed E-state index contributed by atoms with van der Waals surface area (Å²) in [5.74, 6) is 0.872. The summed E-state index contributed by atoms with van der Waals surface area (Å²) >= 11 is 0. The van der Waals surface area contributed by atoms with Gasteiger partial charge in [0.2, 0.25) is 0 Å². The Morgan fingerprint density at radius 2 is 2.06 bits per heavy atom. The van der Waals surface area contributed by atoms with Gasteiger partial charge in [0.15, 0.2) is 0 Å². The highest BCUT2D eigenvalue weighted by Gasteiger charge is 2.18. The monoisotopic (exact) mass is 250 g/mol. The summed E-state index contributed by atoms with van der Waals surface area (Å²) in [5, 5.41) is 3.55. The van der Waals surface area contributed by atoms with Crippen LogP contribution in [0.3, 0.4) is 0 Å². The minimum Gasteiger partial charge on any atom is -0.336 e. The summed E-state index contributed by atoms with van der Waals surface area (Å²) in [4.78, 5) is 6.65. The Labute approximate surface area is 110 Å². The molecule has 2 heterocycles. The molecule has 2 rings (SSSR count). The molecule has 4 nitrogen and oxygen atoms in total. The highest BCUT2D eigenvalue weighted by Crippen LogP contribution is 2.16. The van der Waals surface area contributed by atoms with Gasteiger partial charge in [-0.3, -0.25) is 0 Å². The molecule has 0 atom stereocenters. The third-order valence-corrected chi connectivity index (χ3v) is 3.76. The summed E-state index contributed by atoms with van der Waals surface area (Å²) in [6.07, 6.45) is 8.47. The van der Waals surface area contributed by atoms with E-state index in [1.54, 1.807) is 0 Å². The van der Waals surface area contributed by atoms with Gasteiger partial charge in [-0.1, -0.05) is 13.8 Å². The first-order valence-electron chi connectivity index (χ1n) is 7.15. The van der Waals surface area contributed by atoms with Crippen molar-refractivity contribution in [2.75, 3.05) is 26.2 Å². The maximum absolute atomic E-state index is 4.07. The zero-order valence-electron chi connectivity index (χ0n) is 11.7. The number of nitrogens with zero attached hydrogens (tertiary/aromatic N) is 3. The van der Waals surface area contributed by atoms with Crippen molar-refractivity contribution < 1.29 is 0 Å². The van der Waals surface area contributed by atoms with Crippen LogP contribution in [0.5, 0.6) is 0 Å². The largest absolute Gasteiger partial charge is 0.336 e. The fourth-order valence-corrected chi connectivity index (χ4v) is 2.49. The number of piperidine rings is 1. The van der Waals surface area contributed by atoms with Crippen LogP contribution in [0.1, 0.15) is 26.7 Å².